The molecule has 0 saturated heterocycles. The second-order valence-corrected chi connectivity index (χ2v) is 4.11. The van der Waals surface area contributed by atoms with Crippen LogP contribution in [0.2, 0.25) is 0 Å². The maximum atomic E-state index is 5.44. The monoisotopic (exact) mass is 266 g/mol. The van der Waals surface area contributed by atoms with E-state index in [-0.39, 0.29) is 0 Å². The van der Waals surface area contributed by atoms with Crippen molar-refractivity contribution < 1.29 is 4.42 Å². The summed E-state index contributed by atoms with van der Waals surface area (Å²) in [7, 11) is 0. The van der Waals surface area contributed by atoms with Gasteiger partial charge in [0.15, 0.2) is 0 Å². The Labute approximate surface area is 96.4 Å². The van der Waals surface area contributed by atoms with Crippen LogP contribution in [0.3, 0.4) is 0 Å². The average Bonchev–Trinajstić information content (AvgIpc) is 2.68. The molecule has 3 nitrogen and oxygen atoms in total. The minimum Gasteiger partial charge on any atom is -0.444 e. The van der Waals surface area contributed by atoms with E-state index in [0.717, 1.165) is 22.2 Å². The summed E-state index contributed by atoms with van der Waals surface area (Å²) in [4.78, 5) is 4.34. The Balaban J connectivity index is 2.25. The van der Waals surface area contributed by atoms with Gasteiger partial charge in [-0.2, -0.15) is 0 Å². The zero-order chi connectivity index (χ0) is 10.7. The van der Waals surface area contributed by atoms with Crippen LogP contribution in [0.4, 0.5) is 0 Å². The fraction of sp³-hybridized carbons (Fsp3) is 0.182. The fourth-order valence-corrected chi connectivity index (χ4v) is 1.56. The van der Waals surface area contributed by atoms with Crippen molar-refractivity contribution in [3.63, 3.8) is 0 Å². The minimum atomic E-state index is 0.590. The molecule has 2 N–H and O–H groups in total. The summed E-state index contributed by atoms with van der Waals surface area (Å²) < 4.78 is 6.40. The number of nitrogens with zero attached hydrogens (tertiary/aromatic N) is 1. The van der Waals surface area contributed by atoms with Crippen LogP contribution in [0.25, 0.3) is 11.5 Å². The highest BCUT2D eigenvalue weighted by atomic mass is 79.9. The first-order valence-electron chi connectivity index (χ1n) is 4.70. The van der Waals surface area contributed by atoms with E-state index in [4.69, 9.17) is 10.2 Å². The van der Waals surface area contributed by atoms with E-state index >= 15 is 0 Å². The molecule has 1 aromatic carbocycles. The lowest BCUT2D eigenvalue weighted by Crippen LogP contribution is -2.02. The molecule has 15 heavy (non-hydrogen) atoms. The molecule has 0 saturated carbocycles. The standard InChI is InChI=1S/C11H11BrN2O/c12-9-3-1-8(2-4-9)11-14-10(5-6-13)7-15-11/h1-4,7H,5-6,13H2. The fourth-order valence-electron chi connectivity index (χ4n) is 1.29. The summed E-state index contributed by atoms with van der Waals surface area (Å²) in [6.07, 6.45) is 2.41. The van der Waals surface area contributed by atoms with Crippen LogP contribution in [0.5, 0.6) is 0 Å². The Morgan fingerprint density at radius 2 is 2.00 bits per heavy atom. The first-order valence-corrected chi connectivity index (χ1v) is 5.49. The van der Waals surface area contributed by atoms with Crippen LogP contribution < -0.4 is 5.73 Å². The lowest BCUT2D eigenvalue weighted by atomic mass is 10.2. The second kappa shape index (κ2) is 4.59. The van der Waals surface area contributed by atoms with Crippen molar-refractivity contribution >= 4 is 15.9 Å². The molecule has 0 radical (unpaired) electrons. The zero-order valence-electron chi connectivity index (χ0n) is 8.11. The molecule has 2 aromatic rings. The van der Waals surface area contributed by atoms with E-state index in [1.807, 2.05) is 24.3 Å². The van der Waals surface area contributed by atoms with Gasteiger partial charge in [-0.1, -0.05) is 15.9 Å². The van der Waals surface area contributed by atoms with Crippen molar-refractivity contribution in [2.24, 2.45) is 5.73 Å². The molecule has 0 bridgehead atoms. The number of benzene rings is 1. The second-order valence-electron chi connectivity index (χ2n) is 3.19. The van der Waals surface area contributed by atoms with Gasteiger partial charge in [-0.05, 0) is 30.8 Å². The molecular weight excluding hydrogens is 256 g/mol. The average molecular weight is 267 g/mol. The zero-order valence-corrected chi connectivity index (χ0v) is 9.70. The van der Waals surface area contributed by atoms with Crippen molar-refractivity contribution in [3.8, 4) is 11.5 Å². The Hall–Kier alpha value is -1.13. The summed E-state index contributed by atoms with van der Waals surface area (Å²) in [5.74, 6) is 0.644. The number of hydrogen-bond donors (Lipinski definition) is 1. The lowest BCUT2D eigenvalue weighted by Gasteiger charge is -1.94. The lowest BCUT2D eigenvalue weighted by molar-refractivity contribution is 0.572. The number of nitrogens with two attached hydrogens (primary N) is 1. The summed E-state index contributed by atoms with van der Waals surface area (Å²) in [5, 5.41) is 0. The Bertz CT molecular complexity index is 436. The van der Waals surface area contributed by atoms with Gasteiger partial charge in [0.05, 0.1) is 5.69 Å². The van der Waals surface area contributed by atoms with Crippen LogP contribution in [-0.2, 0) is 6.42 Å². The molecule has 0 fully saturated rings. The third-order valence-corrected chi connectivity index (χ3v) is 2.57. The van der Waals surface area contributed by atoms with Crippen molar-refractivity contribution in [1.29, 1.82) is 0 Å². The van der Waals surface area contributed by atoms with Gasteiger partial charge in [0, 0.05) is 16.5 Å². The van der Waals surface area contributed by atoms with E-state index < -0.39 is 0 Å². The molecule has 78 valence electrons. The summed E-state index contributed by atoms with van der Waals surface area (Å²) in [5.41, 5.74) is 7.31. The molecule has 0 unspecified atom stereocenters. The molecule has 1 heterocycles. The van der Waals surface area contributed by atoms with E-state index in [0.29, 0.717) is 12.4 Å². The Morgan fingerprint density at radius 3 is 2.67 bits per heavy atom. The Kier molecular flexibility index (Phi) is 3.18. The topological polar surface area (TPSA) is 52.0 Å². The summed E-state index contributed by atoms with van der Waals surface area (Å²) >= 11 is 3.38. The van der Waals surface area contributed by atoms with Gasteiger partial charge in [0.2, 0.25) is 5.89 Å². The third-order valence-electron chi connectivity index (χ3n) is 2.04. The van der Waals surface area contributed by atoms with Crippen molar-refractivity contribution in [1.82, 2.24) is 4.98 Å². The number of halogens is 1. The first-order chi connectivity index (χ1) is 7.29. The van der Waals surface area contributed by atoms with E-state index in [9.17, 15) is 0 Å². The van der Waals surface area contributed by atoms with E-state index in [2.05, 4.69) is 20.9 Å². The molecule has 0 aliphatic carbocycles. The maximum Gasteiger partial charge on any atom is 0.226 e. The molecule has 0 aliphatic heterocycles. The minimum absolute atomic E-state index is 0.590. The van der Waals surface area contributed by atoms with Crippen LogP contribution in [0.1, 0.15) is 5.69 Å². The van der Waals surface area contributed by atoms with Gasteiger partial charge < -0.3 is 10.2 Å². The molecule has 1 aromatic heterocycles. The first kappa shape index (κ1) is 10.4. The van der Waals surface area contributed by atoms with Gasteiger partial charge in [-0.15, -0.1) is 0 Å². The highest BCUT2D eigenvalue weighted by Gasteiger charge is 2.05. The highest BCUT2D eigenvalue weighted by Crippen LogP contribution is 2.21. The number of oxazole rings is 1. The van der Waals surface area contributed by atoms with Crippen LogP contribution >= 0.6 is 15.9 Å². The van der Waals surface area contributed by atoms with Crippen LogP contribution in [-0.4, -0.2) is 11.5 Å². The molecule has 0 atom stereocenters. The SMILES string of the molecule is NCCc1coc(-c2ccc(Br)cc2)n1. The molecule has 0 spiro atoms. The van der Waals surface area contributed by atoms with Crippen LogP contribution in [0.15, 0.2) is 39.4 Å². The Morgan fingerprint density at radius 1 is 1.27 bits per heavy atom. The summed E-state index contributed by atoms with van der Waals surface area (Å²) in [6.45, 7) is 0.590. The molecule has 2 rings (SSSR count). The number of rotatable bonds is 3. The summed E-state index contributed by atoms with van der Waals surface area (Å²) in [6, 6.07) is 7.84. The molecule has 0 aliphatic rings. The number of hydrogen-bond acceptors (Lipinski definition) is 3. The maximum absolute atomic E-state index is 5.44. The largest absolute Gasteiger partial charge is 0.444 e. The quantitative estimate of drug-likeness (QED) is 0.929. The van der Waals surface area contributed by atoms with Crippen molar-refractivity contribution in [3.05, 3.63) is 40.7 Å². The number of aromatic nitrogens is 1. The van der Waals surface area contributed by atoms with Gasteiger partial charge in [-0.25, -0.2) is 4.98 Å². The third kappa shape index (κ3) is 2.46. The van der Waals surface area contributed by atoms with Gasteiger partial charge in [-0.3, -0.25) is 0 Å². The van der Waals surface area contributed by atoms with Crippen molar-refractivity contribution in [2.45, 2.75) is 6.42 Å². The molecule has 0 amide bonds. The smallest absolute Gasteiger partial charge is 0.226 e. The normalized spacial score (nSPS) is 10.5. The van der Waals surface area contributed by atoms with Crippen molar-refractivity contribution in [2.75, 3.05) is 6.54 Å². The van der Waals surface area contributed by atoms with E-state index in [1.54, 1.807) is 6.26 Å². The van der Waals surface area contributed by atoms with Gasteiger partial charge in [0.1, 0.15) is 6.26 Å². The molecular formula is C11H11BrN2O. The molecule has 4 heteroatoms. The van der Waals surface area contributed by atoms with Crippen LogP contribution in [0, 0.1) is 0 Å². The predicted octanol–water partition coefficient (Wildman–Crippen LogP) is 2.61. The predicted molar refractivity (Wildman–Crippen MR) is 62.4 cm³/mol. The van der Waals surface area contributed by atoms with E-state index in [1.165, 1.54) is 0 Å². The van der Waals surface area contributed by atoms with Gasteiger partial charge >= 0.3 is 0 Å². The highest BCUT2D eigenvalue weighted by molar-refractivity contribution is 9.10. The van der Waals surface area contributed by atoms with Gasteiger partial charge in [0.25, 0.3) is 0 Å².